The van der Waals surface area contributed by atoms with Crippen molar-refractivity contribution < 1.29 is 14.4 Å². The van der Waals surface area contributed by atoms with Crippen LogP contribution in [0.4, 0.5) is 11.4 Å². The van der Waals surface area contributed by atoms with Crippen LogP contribution in [0, 0.1) is 5.92 Å². The molecule has 1 aliphatic heterocycles. The molecule has 3 aromatic carbocycles. The van der Waals surface area contributed by atoms with Crippen molar-refractivity contribution in [2.24, 2.45) is 5.92 Å². The van der Waals surface area contributed by atoms with Crippen LogP contribution < -0.4 is 16.0 Å². The zero-order valence-electron chi connectivity index (χ0n) is 19.6. The summed E-state index contributed by atoms with van der Waals surface area (Å²) in [6.45, 7) is 1.80. The smallest absolute Gasteiger partial charge is 0.253 e. The van der Waals surface area contributed by atoms with E-state index in [-0.39, 0.29) is 29.7 Å². The number of fused-ring (bicyclic) bond motifs is 1. The van der Waals surface area contributed by atoms with Crippen LogP contribution in [0.25, 0.3) is 10.8 Å². The maximum atomic E-state index is 13.3. The minimum Gasteiger partial charge on any atom is -0.349 e. The summed E-state index contributed by atoms with van der Waals surface area (Å²) in [6, 6.07) is 21.0. The Hall–Kier alpha value is -3.71. The summed E-state index contributed by atoms with van der Waals surface area (Å²) in [6.07, 6.45) is 3.34. The topological polar surface area (TPSA) is 90.5 Å². The molecule has 7 nitrogen and oxygen atoms in total. The Bertz CT molecular complexity index is 1230. The van der Waals surface area contributed by atoms with E-state index in [0.717, 1.165) is 55.2 Å². The number of hydrogen-bond acceptors (Lipinski definition) is 4. The fourth-order valence-electron chi connectivity index (χ4n) is 4.54. The lowest BCUT2D eigenvalue weighted by molar-refractivity contribution is -0.118. The number of anilines is 2. The molecular formula is C28H30N4O3. The van der Waals surface area contributed by atoms with Crippen molar-refractivity contribution in [1.29, 1.82) is 0 Å². The number of para-hydroxylation sites is 1. The molecule has 1 heterocycles. The largest absolute Gasteiger partial charge is 0.349 e. The van der Waals surface area contributed by atoms with E-state index in [1.165, 1.54) is 0 Å². The molecule has 7 heteroatoms. The summed E-state index contributed by atoms with van der Waals surface area (Å²) in [4.78, 5) is 40.2. The van der Waals surface area contributed by atoms with Crippen LogP contribution >= 0.6 is 0 Å². The number of nitrogens with one attached hydrogen (secondary N) is 3. The van der Waals surface area contributed by atoms with Crippen molar-refractivity contribution in [3.05, 3.63) is 72.3 Å². The van der Waals surface area contributed by atoms with Crippen LogP contribution in [0.1, 0.15) is 36.0 Å². The number of rotatable bonds is 7. The third kappa shape index (κ3) is 5.87. The first-order chi connectivity index (χ1) is 17.0. The van der Waals surface area contributed by atoms with Crippen LogP contribution in [0.15, 0.2) is 66.7 Å². The van der Waals surface area contributed by atoms with E-state index in [4.69, 9.17) is 0 Å². The third-order valence-corrected chi connectivity index (χ3v) is 6.68. The van der Waals surface area contributed by atoms with Gasteiger partial charge in [0.15, 0.2) is 0 Å². The quantitative estimate of drug-likeness (QED) is 0.487. The summed E-state index contributed by atoms with van der Waals surface area (Å²) in [5.41, 5.74) is 1.84. The van der Waals surface area contributed by atoms with Gasteiger partial charge in [-0.15, -0.1) is 0 Å². The minimum atomic E-state index is -0.179. The molecule has 1 aliphatic carbocycles. The Balaban J connectivity index is 1.19. The fourth-order valence-corrected chi connectivity index (χ4v) is 4.54. The van der Waals surface area contributed by atoms with Crippen molar-refractivity contribution >= 4 is 39.9 Å². The summed E-state index contributed by atoms with van der Waals surface area (Å²) in [5, 5.41) is 11.0. The molecule has 2 fully saturated rings. The Kier molecular flexibility index (Phi) is 6.77. The van der Waals surface area contributed by atoms with Gasteiger partial charge in [0, 0.05) is 30.7 Å². The van der Waals surface area contributed by atoms with E-state index in [9.17, 15) is 14.4 Å². The number of likely N-dealkylation sites (tertiary alicyclic amines) is 1. The number of amides is 3. The maximum absolute atomic E-state index is 13.3. The van der Waals surface area contributed by atoms with Gasteiger partial charge in [-0.2, -0.15) is 0 Å². The van der Waals surface area contributed by atoms with E-state index in [1.54, 1.807) is 0 Å². The van der Waals surface area contributed by atoms with Crippen LogP contribution in [0.2, 0.25) is 0 Å². The van der Waals surface area contributed by atoms with Gasteiger partial charge in [-0.3, -0.25) is 19.3 Å². The molecule has 0 aromatic heterocycles. The Morgan fingerprint density at radius 2 is 1.46 bits per heavy atom. The molecule has 3 N–H and O–H groups in total. The van der Waals surface area contributed by atoms with Gasteiger partial charge in [0.25, 0.3) is 5.91 Å². The van der Waals surface area contributed by atoms with Gasteiger partial charge in [-0.25, -0.2) is 0 Å². The van der Waals surface area contributed by atoms with E-state index in [1.807, 2.05) is 66.7 Å². The van der Waals surface area contributed by atoms with Crippen LogP contribution in [0.5, 0.6) is 0 Å². The van der Waals surface area contributed by atoms with E-state index >= 15 is 0 Å². The van der Waals surface area contributed by atoms with E-state index in [2.05, 4.69) is 20.9 Å². The second-order valence-corrected chi connectivity index (χ2v) is 9.45. The highest BCUT2D eigenvalue weighted by Gasteiger charge is 2.31. The summed E-state index contributed by atoms with van der Waals surface area (Å²) >= 11 is 0. The highest BCUT2D eigenvalue weighted by atomic mass is 16.2. The van der Waals surface area contributed by atoms with Gasteiger partial charge in [0.2, 0.25) is 11.8 Å². The normalized spacial score (nSPS) is 16.6. The molecule has 0 unspecified atom stereocenters. The van der Waals surface area contributed by atoms with Gasteiger partial charge in [-0.05, 0) is 60.7 Å². The van der Waals surface area contributed by atoms with Gasteiger partial charge < -0.3 is 16.0 Å². The van der Waals surface area contributed by atoms with Crippen molar-refractivity contribution in [3.63, 3.8) is 0 Å². The van der Waals surface area contributed by atoms with Crippen molar-refractivity contribution in [2.75, 3.05) is 30.3 Å². The molecule has 180 valence electrons. The number of benzene rings is 3. The SMILES string of the molecule is O=C(CN1CCC(NC(=O)c2cc3ccccc3cc2NC(=O)C2CC2)CC1)Nc1ccccc1. The lowest BCUT2D eigenvalue weighted by atomic mass is 10.0. The predicted octanol–water partition coefficient (Wildman–Crippen LogP) is 4.02. The number of carbonyl (C=O) groups excluding carboxylic acids is 3. The highest BCUT2D eigenvalue weighted by molar-refractivity contribution is 6.08. The molecule has 3 amide bonds. The van der Waals surface area contributed by atoms with Crippen LogP contribution in [0.3, 0.4) is 0 Å². The molecule has 1 saturated carbocycles. The number of nitrogens with zero attached hydrogens (tertiary/aromatic N) is 1. The Morgan fingerprint density at radius 1 is 0.800 bits per heavy atom. The molecule has 0 atom stereocenters. The van der Waals surface area contributed by atoms with Gasteiger partial charge in [0.1, 0.15) is 0 Å². The van der Waals surface area contributed by atoms with Crippen molar-refractivity contribution in [2.45, 2.75) is 31.7 Å². The average molecular weight is 471 g/mol. The minimum absolute atomic E-state index is 0.0172. The lowest BCUT2D eigenvalue weighted by Gasteiger charge is -2.32. The second kappa shape index (κ2) is 10.3. The van der Waals surface area contributed by atoms with Gasteiger partial charge in [0.05, 0.1) is 17.8 Å². The third-order valence-electron chi connectivity index (χ3n) is 6.68. The standard InChI is InChI=1S/C28H30N4O3/c33-26(29-22-8-2-1-3-9-22)18-32-14-12-23(13-15-32)30-28(35)24-16-20-6-4-5-7-21(20)17-25(24)31-27(34)19-10-11-19/h1-9,16-17,19,23H,10-15,18H2,(H,29,33)(H,30,35)(H,31,34). The highest BCUT2D eigenvalue weighted by Crippen LogP contribution is 2.32. The molecule has 0 bridgehead atoms. The zero-order chi connectivity index (χ0) is 24.2. The molecule has 3 aromatic rings. The van der Waals surface area contributed by atoms with E-state index in [0.29, 0.717) is 17.8 Å². The van der Waals surface area contributed by atoms with Crippen molar-refractivity contribution in [1.82, 2.24) is 10.2 Å². The molecule has 2 aliphatic rings. The Labute approximate surface area is 204 Å². The molecule has 35 heavy (non-hydrogen) atoms. The molecule has 5 rings (SSSR count). The zero-order valence-corrected chi connectivity index (χ0v) is 19.6. The summed E-state index contributed by atoms with van der Waals surface area (Å²) in [5.74, 6) is -0.176. The molecule has 1 saturated heterocycles. The van der Waals surface area contributed by atoms with Crippen LogP contribution in [-0.2, 0) is 9.59 Å². The molecular weight excluding hydrogens is 440 g/mol. The maximum Gasteiger partial charge on any atom is 0.253 e. The van der Waals surface area contributed by atoms with Gasteiger partial charge in [-0.1, -0.05) is 42.5 Å². The summed E-state index contributed by atoms with van der Waals surface area (Å²) in [7, 11) is 0. The fraction of sp³-hybridized carbons (Fsp3) is 0.321. The van der Waals surface area contributed by atoms with Crippen molar-refractivity contribution in [3.8, 4) is 0 Å². The monoisotopic (exact) mass is 470 g/mol. The van der Waals surface area contributed by atoms with E-state index < -0.39 is 0 Å². The van der Waals surface area contributed by atoms with Crippen LogP contribution in [-0.4, -0.2) is 48.3 Å². The summed E-state index contributed by atoms with van der Waals surface area (Å²) < 4.78 is 0. The molecule has 0 spiro atoms. The number of carbonyl (C=O) groups is 3. The predicted molar refractivity (Wildman–Crippen MR) is 137 cm³/mol. The lowest BCUT2D eigenvalue weighted by Crippen LogP contribution is -2.46. The first kappa shape index (κ1) is 23.1. The average Bonchev–Trinajstić information content (AvgIpc) is 3.71. The first-order valence-corrected chi connectivity index (χ1v) is 12.3. The Morgan fingerprint density at radius 3 is 2.14 bits per heavy atom. The first-order valence-electron chi connectivity index (χ1n) is 12.3. The second-order valence-electron chi connectivity index (χ2n) is 9.45. The molecule has 0 radical (unpaired) electrons. The van der Waals surface area contributed by atoms with Gasteiger partial charge >= 0.3 is 0 Å². The number of hydrogen-bond donors (Lipinski definition) is 3. The number of piperidine rings is 1.